The molecule has 0 saturated carbocycles. The lowest BCUT2D eigenvalue weighted by atomic mass is 10.1. The Bertz CT molecular complexity index is 123. The number of carbonyl (C=O) groups is 1. The van der Waals surface area contributed by atoms with Crippen LogP contribution < -0.4 is 0 Å². The van der Waals surface area contributed by atoms with Crippen LogP contribution in [0.3, 0.4) is 0 Å². The van der Waals surface area contributed by atoms with Crippen LogP contribution in [0, 0.1) is 0 Å². The smallest absolute Gasteiger partial charge is 0.303 e. The Kier molecular flexibility index (Phi) is 3.25. The molecular weight excluding hydrogens is 142 g/mol. The first-order chi connectivity index (χ1) is 4.48. The van der Waals surface area contributed by atoms with Crippen molar-refractivity contribution in [2.75, 3.05) is 0 Å². The van der Waals surface area contributed by atoms with Gasteiger partial charge in [-0.05, 0) is 0 Å². The van der Waals surface area contributed by atoms with Gasteiger partial charge in [0.2, 0.25) is 5.92 Å². The van der Waals surface area contributed by atoms with Gasteiger partial charge in [-0.3, -0.25) is 4.79 Å². The van der Waals surface area contributed by atoms with E-state index in [1.165, 1.54) is 6.92 Å². The number of rotatable bonds is 4. The van der Waals surface area contributed by atoms with E-state index in [9.17, 15) is 13.6 Å². The highest BCUT2D eigenvalue weighted by Gasteiger charge is 2.26. The van der Waals surface area contributed by atoms with E-state index in [0.717, 1.165) is 0 Å². The second kappa shape index (κ2) is 3.49. The third-order valence-corrected chi connectivity index (χ3v) is 1.22. The fraction of sp³-hybridized carbons (Fsp3) is 0.833. The van der Waals surface area contributed by atoms with Crippen molar-refractivity contribution in [3.05, 3.63) is 0 Å². The second-order valence-electron chi connectivity index (χ2n) is 2.10. The Hall–Kier alpha value is -0.670. The molecule has 0 heterocycles. The van der Waals surface area contributed by atoms with Crippen LogP contribution in [-0.4, -0.2) is 17.0 Å². The molecule has 1 N–H and O–H groups in total. The summed E-state index contributed by atoms with van der Waals surface area (Å²) in [5, 5.41) is 8.04. The lowest BCUT2D eigenvalue weighted by molar-refractivity contribution is -0.139. The van der Waals surface area contributed by atoms with Gasteiger partial charge in [0.1, 0.15) is 0 Å². The standard InChI is InChI=1S/C6H10F2O2/c1-2-6(7,8)4-3-5(9)10/h2-4H2,1H3,(H,9,10). The first kappa shape index (κ1) is 9.33. The predicted octanol–water partition coefficient (Wildman–Crippen LogP) is 1.90. The van der Waals surface area contributed by atoms with E-state index in [2.05, 4.69) is 0 Å². The molecule has 0 amide bonds. The Morgan fingerprint density at radius 1 is 1.60 bits per heavy atom. The van der Waals surface area contributed by atoms with Gasteiger partial charge in [-0.1, -0.05) is 6.92 Å². The minimum Gasteiger partial charge on any atom is -0.481 e. The van der Waals surface area contributed by atoms with Gasteiger partial charge in [-0.2, -0.15) is 0 Å². The van der Waals surface area contributed by atoms with Crippen LogP contribution in [0.2, 0.25) is 0 Å². The van der Waals surface area contributed by atoms with Crippen LogP contribution in [0.1, 0.15) is 26.2 Å². The molecule has 0 fully saturated rings. The van der Waals surface area contributed by atoms with E-state index in [1.54, 1.807) is 0 Å². The highest BCUT2D eigenvalue weighted by atomic mass is 19.3. The second-order valence-corrected chi connectivity index (χ2v) is 2.10. The summed E-state index contributed by atoms with van der Waals surface area (Å²) in [5.74, 6) is -3.98. The monoisotopic (exact) mass is 152 g/mol. The zero-order valence-corrected chi connectivity index (χ0v) is 5.73. The van der Waals surface area contributed by atoms with Crippen LogP contribution in [0.4, 0.5) is 8.78 Å². The summed E-state index contributed by atoms with van der Waals surface area (Å²) in [7, 11) is 0. The van der Waals surface area contributed by atoms with Crippen molar-refractivity contribution in [2.45, 2.75) is 32.1 Å². The van der Waals surface area contributed by atoms with Gasteiger partial charge in [0, 0.05) is 12.8 Å². The molecule has 0 aliphatic heterocycles. The maximum atomic E-state index is 12.2. The minimum atomic E-state index is -2.81. The zero-order valence-electron chi connectivity index (χ0n) is 5.73. The Labute approximate surface area is 57.9 Å². The number of carboxylic acids is 1. The van der Waals surface area contributed by atoms with Gasteiger partial charge in [0.15, 0.2) is 0 Å². The van der Waals surface area contributed by atoms with Crippen molar-refractivity contribution in [3.63, 3.8) is 0 Å². The highest BCUT2D eigenvalue weighted by Crippen LogP contribution is 2.23. The van der Waals surface area contributed by atoms with E-state index in [4.69, 9.17) is 5.11 Å². The van der Waals surface area contributed by atoms with Crippen molar-refractivity contribution in [1.29, 1.82) is 0 Å². The van der Waals surface area contributed by atoms with Crippen LogP contribution in [-0.2, 0) is 4.79 Å². The molecule has 0 aromatic carbocycles. The first-order valence-corrected chi connectivity index (χ1v) is 3.07. The van der Waals surface area contributed by atoms with Crippen LogP contribution in [0.15, 0.2) is 0 Å². The molecule has 0 aliphatic rings. The van der Waals surface area contributed by atoms with Gasteiger partial charge in [-0.15, -0.1) is 0 Å². The van der Waals surface area contributed by atoms with Gasteiger partial charge < -0.3 is 5.11 Å². The number of alkyl halides is 2. The van der Waals surface area contributed by atoms with E-state index in [1.807, 2.05) is 0 Å². The maximum absolute atomic E-state index is 12.2. The number of hydrogen-bond acceptors (Lipinski definition) is 1. The Balaban J connectivity index is 3.56. The molecule has 0 aromatic heterocycles. The van der Waals surface area contributed by atoms with Crippen molar-refractivity contribution in [2.24, 2.45) is 0 Å². The van der Waals surface area contributed by atoms with E-state index in [0.29, 0.717) is 0 Å². The molecule has 0 saturated heterocycles. The average Bonchev–Trinajstić information content (AvgIpc) is 1.85. The van der Waals surface area contributed by atoms with Gasteiger partial charge in [0.05, 0.1) is 6.42 Å². The highest BCUT2D eigenvalue weighted by molar-refractivity contribution is 5.66. The molecule has 0 atom stereocenters. The zero-order chi connectivity index (χ0) is 8.20. The normalized spacial score (nSPS) is 11.5. The van der Waals surface area contributed by atoms with Crippen molar-refractivity contribution < 1.29 is 18.7 Å². The molecule has 0 aromatic rings. The summed E-state index contributed by atoms with van der Waals surface area (Å²) in [4.78, 5) is 9.83. The predicted molar refractivity (Wildman–Crippen MR) is 32.1 cm³/mol. The Morgan fingerprint density at radius 3 is 2.40 bits per heavy atom. The van der Waals surface area contributed by atoms with Gasteiger partial charge >= 0.3 is 5.97 Å². The van der Waals surface area contributed by atoms with Gasteiger partial charge in [0.25, 0.3) is 0 Å². The Morgan fingerprint density at radius 2 is 2.10 bits per heavy atom. The van der Waals surface area contributed by atoms with Crippen LogP contribution in [0.5, 0.6) is 0 Å². The minimum absolute atomic E-state index is 0.291. The average molecular weight is 152 g/mol. The van der Waals surface area contributed by atoms with E-state index in [-0.39, 0.29) is 6.42 Å². The summed E-state index contributed by atoms with van der Waals surface area (Å²) in [6, 6.07) is 0. The molecule has 60 valence electrons. The molecule has 0 bridgehead atoms. The van der Waals surface area contributed by atoms with Crippen molar-refractivity contribution in [1.82, 2.24) is 0 Å². The largest absolute Gasteiger partial charge is 0.481 e. The van der Waals surface area contributed by atoms with E-state index >= 15 is 0 Å². The van der Waals surface area contributed by atoms with Crippen LogP contribution >= 0.6 is 0 Å². The number of hydrogen-bond donors (Lipinski definition) is 1. The molecule has 2 nitrogen and oxygen atoms in total. The molecule has 10 heavy (non-hydrogen) atoms. The molecule has 0 unspecified atom stereocenters. The van der Waals surface area contributed by atoms with E-state index < -0.39 is 24.7 Å². The third kappa shape index (κ3) is 4.23. The first-order valence-electron chi connectivity index (χ1n) is 3.07. The number of carboxylic acid groups (broad SMARTS) is 1. The molecular formula is C6H10F2O2. The van der Waals surface area contributed by atoms with Crippen LogP contribution in [0.25, 0.3) is 0 Å². The molecule has 0 aliphatic carbocycles. The molecule has 0 radical (unpaired) electrons. The number of aliphatic carboxylic acids is 1. The summed E-state index contributed by atoms with van der Waals surface area (Å²) >= 11 is 0. The fourth-order valence-electron chi connectivity index (χ4n) is 0.467. The van der Waals surface area contributed by atoms with Crippen molar-refractivity contribution in [3.8, 4) is 0 Å². The summed E-state index contributed by atoms with van der Waals surface area (Å²) < 4.78 is 24.5. The molecule has 0 spiro atoms. The van der Waals surface area contributed by atoms with Gasteiger partial charge in [-0.25, -0.2) is 8.78 Å². The third-order valence-electron chi connectivity index (χ3n) is 1.22. The molecule has 0 rings (SSSR count). The fourth-order valence-corrected chi connectivity index (χ4v) is 0.467. The molecule has 4 heteroatoms. The summed E-state index contributed by atoms with van der Waals surface area (Å²) in [6.07, 6.45) is -1.31. The van der Waals surface area contributed by atoms with Crippen molar-refractivity contribution >= 4 is 5.97 Å². The maximum Gasteiger partial charge on any atom is 0.303 e. The lowest BCUT2D eigenvalue weighted by Crippen LogP contribution is -2.15. The number of halogens is 2. The topological polar surface area (TPSA) is 37.3 Å². The lowest BCUT2D eigenvalue weighted by Gasteiger charge is -2.10. The summed E-state index contributed by atoms with van der Waals surface area (Å²) in [5.41, 5.74) is 0. The summed E-state index contributed by atoms with van der Waals surface area (Å²) in [6.45, 7) is 1.34. The quantitative estimate of drug-likeness (QED) is 0.667. The SMILES string of the molecule is CCC(F)(F)CCC(=O)O.